The van der Waals surface area contributed by atoms with E-state index in [9.17, 15) is 13.2 Å². The van der Waals surface area contributed by atoms with Gasteiger partial charge in [-0.2, -0.15) is 0 Å². The third-order valence-electron chi connectivity index (χ3n) is 3.60. The van der Waals surface area contributed by atoms with E-state index in [1.54, 1.807) is 19.1 Å². The summed E-state index contributed by atoms with van der Waals surface area (Å²) in [5.74, 6) is -0.290. The topological polar surface area (TPSA) is 96.5 Å². The van der Waals surface area contributed by atoms with Crippen molar-refractivity contribution in [2.24, 2.45) is 0 Å². The van der Waals surface area contributed by atoms with Gasteiger partial charge in [-0.15, -0.1) is 0 Å². The number of ether oxygens (including phenoxy) is 1. The monoisotopic (exact) mass is 341 g/mol. The fraction of sp³-hybridized carbons (Fsp3) is 0.533. The van der Waals surface area contributed by atoms with E-state index in [0.29, 0.717) is 25.3 Å². The molecule has 23 heavy (non-hydrogen) atoms. The third kappa shape index (κ3) is 5.00. The Morgan fingerprint density at radius 1 is 1.48 bits per heavy atom. The average molecular weight is 341 g/mol. The van der Waals surface area contributed by atoms with Gasteiger partial charge >= 0.3 is 0 Å². The summed E-state index contributed by atoms with van der Waals surface area (Å²) >= 11 is 0. The number of benzene rings is 1. The number of amides is 1. The Bertz CT molecular complexity index is 642. The summed E-state index contributed by atoms with van der Waals surface area (Å²) in [6.45, 7) is 5.35. The third-order valence-corrected chi connectivity index (χ3v) is 5.19. The molecule has 128 valence electrons. The molecule has 0 aliphatic carbocycles. The minimum absolute atomic E-state index is 0.123. The lowest BCUT2D eigenvalue weighted by molar-refractivity contribution is -0.128. The highest BCUT2D eigenvalue weighted by atomic mass is 32.2. The van der Waals surface area contributed by atoms with Crippen LogP contribution >= 0.6 is 0 Å². The van der Waals surface area contributed by atoms with Crippen molar-refractivity contribution in [2.45, 2.75) is 37.3 Å². The molecular formula is C15H23N3O4S. The van der Waals surface area contributed by atoms with E-state index in [4.69, 9.17) is 4.74 Å². The summed E-state index contributed by atoms with van der Waals surface area (Å²) in [5, 5.41) is 5.77. The zero-order valence-corrected chi connectivity index (χ0v) is 14.2. The lowest BCUT2D eigenvalue weighted by Crippen LogP contribution is -2.45. The number of anilines is 1. The van der Waals surface area contributed by atoms with Crippen molar-refractivity contribution in [1.82, 2.24) is 10.0 Å². The summed E-state index contributed by atoms with van der Waals surface area (Å²) in [6.07, 6.45) is 0.129. The van der Waals surface area contributed by atoms with Crippen LogP contribution in [-0.4, -0.2) is 46.2 Å². The van der Waals surface area contributed by atoms with Gasteiger partial charge in [-0.1, -0.05) is 13.0 Å². The van der Waals surface area contributed by atoms with E-state index in [0.717, 1.165) is 6.54 Å². The minimum Gasteiger partial charge on any atom is -0.366 e. The Morgan fingerprint density at radius 3 is 2.91 bits per heavy atom. The molecule has 1 amide bonds. The van der Waals surface area contributed by atoms with E-state index < -0.39 is 16.1 Å². The van der Waals surface area contributed by atoms with Crippen LogP contribution in [0.4, 0.5) is 5.69 Å². The maximum absolute atomic E-state index is 12.3. The second kappa shape index (κ2) is 7.87. The normalized spacial score (nSPS) is 20.0. The van der Waals surface area contributed by atoms with Crippen molar-refractivity contribution >= 4 is 21.6 Å². The van der Waals surface area contributed by atoms with Gasteiger partial charge in [0.1, 0.15) is 6.10 Å². The fourth-order valence-corrected chi connectivity index (χ4v) is 3.49. The Kier molecular flexibility index (Phi) is 6.11. The largest absolute Gasteiger partial charge is 0.366 e. The molecule has 1 heterocycles. The molecule has 1 fully saturated rings. The number of hydrogen-bond acceptors (Lipinski definition) is 5. The Morgan fingerprint density at radius 2 is 2.26 bits per heavy atom. The number of carbonyl (C=O) groups is 1. The summed E-state index contributed by atoms with van der Waals surface area (Å²) in [7, 11) is -3.60. The van der Waals surface area contributed by atoms with Gasteiger partial charge in [0.2, 0.25) is 10.0 Å². The molecule has 7 nitrogen and oxygen atoms in total. The van der Waals surface area contributed by atoms with E-state index in [1.165, 1.54) is 12.1 Å². The maximum Gasteiger partial charge on any atom is 0.254 e. The predicted molar refractivity (Wildman–Crippen MR) is 87.8 cm³/mol. The Balaban J connectivity index is 2.08. The molecule has 0 radical (unpaired) electrons. The van der Waals surface area contributed by atoms with Crippen LogP contribution in [0.1, 0.15) is 20.3 Å². The zero-order chi connectivity index (χ0) is 16.9. The highest BCUT2D eigenvalue weighted by Gasteiger charge is 2.22. The van der Waals surface area contributed by atoms with Crippen molar-refractivity contribution in [2.75, 3.05) is 25.0 Å². The lowest BCUT2D eigenvalue weighted by Gasteiger charge is -2.22. The highest BCUT2D eigenvalue weighted by molar-refractivity contribution is 7.89. The van der Waals surface area contributed by atoms with Crippen LogP contribution in [0.5, 0.6) is 0 Å². The quantitative estimate of drug-likeness (QED) is 0.707. The predicted octanol–water partition coefficient (Wildman–Crippen LogP) is 0.690. The number of rotatable bonds is 6. The van der Waals surface area contributed by atoms with Crippen LogP contribution in [0.2, 0.25) is 0 Å². The van der Waals surface area contributed by atoms with Crippen LogP contribution in [0.25, 0.3) is 0 Å². The van der Waals surface area contributed by atoms with Gasteiger partial charge < -0.3 is 15.4 Å². The summed E-state index contributed by atoms with van der Waals surface area (Å²) in [6, 6.07) is 6.04. The molecule has 1 aliphatic rings. The number of carbonyl (C=O) groups excluding carboxylic acids is 1. The molecule has 1 saturated heterocycles. The van der Waals surface area contributed by atoms with E-state index in [-0.39, 0.29) is 16.8 Å². The fourth-order valence-electron chi connectivity index (χ4n) is 2.11. The first kappa shape index (κ1) is 17.9. The van der Waals surface area contributed by atoms with Crippen LogP contribution in [0.15, 0.2) is 29.2 Å². The first-order chi connectivity index (χ1) is 10.9. The molecule has 0 aromatic heterocycles. The molecule has 1 aromatic rings. The van der Waals surface area contributed by atoms with Gasteiger partial charge in [0.05, 0.1) is 11.5 Å². The van der Waals surface area contributed by atoms with Crippen LogP contribution in [0, 0.1) is 0 Å². The molecule has 1 aliphatic heterocycles. The van der Waals surface area contributed by atoms with Gasteiger partial charge in [0.25, 0.3) is 5.91 Å². The molecule has 0 bridgehead atoms. The van der Waals surface area contributed by atoms with Crippen LogP contribution in [-0.2, 0) is 19.6 Å². The van der Waals surface area contributed by atoms with Crippen LogP contribution < -0.4 is 15.4 Å². The molecule has 2 unspecified atom stereocenters. The zero-order valence-electron chi connectivity index (χ0n) is 13.3. The first-order valence-electron chi connectivity index (χ1n) is 7.68. The van der Waals surface area contributed by atoms with Gasteiger partial charge in [-0.25, -0.2) is 13.1 Å². The molecule has 1 aromatic carbocycles. The second-order valence-electron chi connectivity index (χ2n) is 5.51. The van der Waals surface area contributed by atoms with Crippen molar-refractivity contribution in [3.8, 4) is 0 Å². The molecule has 2 rings (SSSR count). The van der Waals surface area contributed by atoms with Crippen molar-refractivity contribution in [3.63, 3.8) is 0 Å². The first-order valence-corrected chi connectivity index (χ1v) is 9.16. The second-order valence-corrected chi connectivity index (χ2v) is 7.23. The molecule has 3 N–H and O–H groups in total. The minimum atomic E-state index is -3.60. The Hall–Kier alpha value is -1.48. The molecular weight excluding hydrogens is 318 g/mol. The number of morpholine rings is 1. The van der Waals surface area contributed by atoms with Gasteiger partial charge in [-0.3, -0.25) is 4.79 Å². The van der Waals surface area contributed by atoms with E-state index in [2.05, 4.69) is 15.4 Å². The average Bonchev–Trinajstić information content (AvgIpc) is 2.55. The number of nitrogens with one attached hydrogen (secondary N) is 3. The Labute approximate surface area is 136 Å². The number of sulfonamides is 1. The van der Waals surface area contributed by atoms with Crippen molar-refractivity contribution < 1.29 is 17.9 Å². The standard InChI is InChI=1S/C15H23N3O4S/c1-3-11(2)18-23(20,21)13-6-4-5-12(9-13)17-15(19)14-10-16-7-8-22-14/h4-6,9,11,14,16,18H,3,7-8,10H2,1-2H3,(H,17,19). The lowest BCUT2D eigenvalue weighted by atomic mass is 10.2. The van der Waals surface area contributed by atoms with E-state index >= 15 is 0 Å². The van der Waals surface area contributed by atoms with Crippen molar-refractivity contribution in [1.29, 1.82) is 0 Å². The van der Waals surface area contributed by atoms with Gasteiger partial charge in [-0.05, 0) is 31.5 Å². The highest BCUT2D eigenvalue weighted by Crippen LogP contribution is 2.16. The van der Waals surface area contributed by atoms with Crippen molar-refractivity contribution in [3.05, 3.63) is 24.3 Å². The molecule has 2 atom stereocenters. The van der Waals surface area contributed by atoms with Gasteiger partial charge in [0, 0.05) is 24.8 Å². The maximum atomic E-state index is 12.3. The number of hydrogen-bond donors (Lipinski definition) is 3. The summed E-state index contributed by atoms with van der Waals surface area (Å²) in [4.78, 5) is 12.2. The van der Waals surface area contributed by atoms with Crippen LogP contribution in [0.3, 0.4) is 0 Å². The molecule has 0 saturated carbocycles. The molecule has 0 spiro atoms. The van der Waals surface area contributed by atoms with E-state index in [1.807, 2.05) is 6.92 Å². The summed E-state index contributed by atoms with van der Waals surface area (Å²) in [5.41, 5.74) is 0.427. The summed E-state index contributed by atoms with van der Waals surface area (Å²) < 4.78 is 32.5. The van der Waals surface area contributed by atoms with Gasteiger partial charge in [0.15, 0.2) is 0 Å². The SMILES string of the molecule is CCC(C)NS(=O)(=O)c1cccc(NC(=O)C2CNCCO2)c1. The smallest absolute Gasteiger partial charge is 0.254 e. The molecule has 8 heteroatoms.